The zero-order valence-electron chi connectivity index (χ0n) is 7.98. The van der Waals surface area contributed by atoms with Crippen LogP contribution in [0.4, 0.5) is 4.39 Å². The molecular formula is C11H9FN2S. The van der Waals surface area contributed by atoms with Crippen molar-refractivity contribution in [2.45, 2.75) is 18.3 Å². The summed E-state index contributed by atoms with van der Waals surface area (Å²) in [5.41, 5.74) is 2.86. The van der Waals surface area contributed by atoms with Crippen LogP contribution in [-0.2, 0) is 5.41 Å². The molecule has 1 heterocycles. The topological polar surface area (TPSA) is 25.8 Å². The molecule has 76 valence electrons. The first-order valence-electron chi connectivity index (χ1n) is 4.84. The van der Waals surface area contributed by atoms with Gasteiger partial charge in [-0.1, -0.05) is 12.1 Å². The van der Waals surface area contributed by atoms with Gasteiger partial charge in [0.15, 0.2) is 5.82 Å². The molecule has 0 amide bonds. The van der Waals surface area contributed by atoms with Crippen LogP contribution in [0.2, 0.25) is 0 Å². The summed E-state index contributed by atoms with van der Waals surface area (Å²) in [6.07, 6.45) is 2.13. The van der Waals surface area contributed by atoms with Crippen molar-refractivity contribution in [2.75, 3.05) is 0 Å². The van der Waals surface area contributed by atoms with Crippen LogP contribution in [0.25, 0.3) is 0 Å². The highest BCUT2D eigenvalue weighted by molar-refractivity contribution is 7.03. The van der Waals surface area contributed by atoms with E-state index in [4.69, 9.17) is 0 Å². The molecule has 3 rings (SSSR count). The molecule has 1 saturated carbocycles. The normalized spacial score (nSPS) is 17.7. The molecule has 0 radical (unpaired) electrons. The average molecular weight is 220 g/mol. The van der Waals surface area contributed by atoms with Crippen molar-refractivity contribution < 1.29 is 4.39 Å². The molecule has 1 aromatic heterocycles. The van der Waals surface area contributed by atoms with E-state index in [9.17, 15) is 4.39 Å². The van der Waals surface area contributed by atoms with Gasteiger partial charge in [0.2, 0.25) is 0 Å². The van der Waals surface area contributed by atoms with Crippen molar-refractivity contribution in [2.24, 2.45) is 0 Å². The predicted molar refractivity (Wildman–Crippen MR) is 56.3 cm³/mol. The number of hydrogen-bond donors (Lipinski definition) is 0. The van der Waals surface area contributed by atoms with Gasteiger partial charge in [0.25, 0.3) is 0 Å². The van der Waals surface area contributed by atoms with E-state index in [1.54, 1.807) is 5.51 Å². The molecule has 0 atom stereocenters. The molecule has 0 bridgehead atoms. The standard InChI is InChI=1S/C11H9FN2S/c12-9-3-1-8(2-4-9)11(5-6-11)10-13-7-15-14-10/h1-4,7H,5-6H2. The van der Waals surface area contributed by atoms with Crippen molar-refractivity contribution in [3.05, 3.63) is 47.0 Å². The molecule has 4 heteroatoms. The first-order valence-corrected chi connectivity index (χ1v) is 5.68. The average Bonchev–Trinajstić information content (AvgIpc) is 2.88. The maximum absolute atomic E-state index is 12.8. The molecule has 1 fully saturated rings. The summed E-state index contributed by atoms with van der Waals surface area (Å²) >= 11 is 1.37. The highest BCUT2D eigenvalue weighted by Gasteiger charge is 2.48. The Morgan fingerprint density at radius 2 is 1.93 bits per heavy atom. The number of nitrogens with zero attached hydrogens (tertiary/aromatic N) is 2. The molecule has 0 aliphatic heterocycles. The van der Waals surface area contributed by atoms with Gasteiger partial charge in [-0.25, -0.2) is 9.37 Å². The van der Waals surface area contributed by atoms with Crippen LogP contribution in [0.3, 0.4) is 0 Å². The van der Waals surface area contributed by atoms with Crippen LogP contribution in [0.5, 0.6) is 0 Å². The molecule has 1 aliphatic rings. The minimum atomic E-state index is -0.194. The van der Waals surface area contributed by atoms with E-state index in [0.29, 0.717) is 0 Å². The zero-order chi connectivity index (χ0) is 10.3. The Labute approximate surface area is 91.0 Å². The monoisotopic (exact) mass is 220 g/mol. The maximum Gasteiger partial charge on any atom is 0.152 e. The summed E-state index contributed by atoms with van der Waals surface area (Å²) in [4.78, 5) is 4.26. The minimum absolute atomic E-state index is 0.0201. The zero-order valence-corrected chi connectivity index (χ0v) is 8.80. The van der Waals surface area contributed by atoms with Gasteiger partial charge in [-0.05, 0) is 42.1 Å². The SMILES string of the molecule is Fc1ccc(C2(c3ncsn3)CC2)cc1. The van der Waals surface area contributed by atoms with Gasteiger partial charge in [0, 0.05) is 0 Å². The van der Waals surface area contributed by atoms with Crippen LogP contribution < -0.4 is 0 Å². The summed E-state index contributed by atoms with van der Waals surface area (Å²) < 4.78 is 17.1. The van der Waals surface area contributed by atoms with Gasteiger partial charge in [0.05, 0.1) is 5.41 Å². The fraction of sp³-hybridized carbons (Fsp3) is 0.273. The molecule has 0 unspecified atom stereocenters. The molecular weight excluding hydrogens is 211 g/mol. The molecule has 15 heavy (non-hydrogen) atoms. The lowest BCUT2D eigenvalue weighted by atomic mass is 9.95. The summed E-state index contributed by atoms with van der Waals surface area (Å²) in [7, 11) is 0. The van der Waals surface area contributed by atoms with Gasteiger partial charge in [0.1, 0.15) is 11.3 Å². The van der Waals surface area contributed by atoms with Crippen molar-refractivity contribution in [1.29, 1.82) is 0 Å². The molecule has 1 aliphatic carbocycles. The van der Waals surface area contributed by atoms with Crippen LogP contribution in [-0.4, -0.2) is 9.36 Å². The van der Waals surface area contributed by atoms with Crippen LogP contribution >= 0.6 is 11.5 Å². The number of halogens is 1. The molecule has 0 spiro atoms. The lowest BCUT2D eigenvalue weighted by Gasteiger charge is -2.11. The van der Waals surface area contributed by atoms with E-state index >= 15 is 0 Å². The Kier molecular flexibility index (Phi) is 1.85. The number of rotatable bonds is 2. The van der Waals surface area contributed by atoms with Gasteiger partial charge >= 0.3 is 0 Å². The molecule has 1 aromatic carbocycles. The Bertz CT molecular complexity index is 460. The van der Waals surface area contributed by atoms with E-state index in [0.717, 1.165) is 24.2 Å². The summed E-state index contributed by atoms with van der Waals surface area (Å²) in [5, 5.41) is 0. The summed E-state index contributed by atoms with van der Waals surface area (Å²) in [5.74, 6) is 0.694. The second-order valence-electron chi connectivity index (χ2n) is 3.84. The highest BCUT2D eigenvalue weighted by Crippen LogP contribution is 2.52. The van der Waals surface area contributed by atoms with Crippen molar-refractivity contribution >= 4 is 11.5 Å². The van der Waals surface area contributed by atoms with E-state index < -0.39 is 0 Å². The maximum atomic E-state index is 12.8. The second-order valence-corrected chi connectivity index (χ2v) is 4.45. The van der Waals surface area contributed by atoms with Crippen molar-refractivity contribution in [3.63, 3.8) is 0 Å². The molecule has 0 N–H and O–H groups in total. The number of aromatic nitrogens is 2. The third-order valence-electron chi connectivity index (χ3n) is 2.94. The number of hydrogen-bond acceptors (Lipinski definition) is 3. The van der Waals surface area contributed by atoms with Gasteiger partial charge in [-0.15, -0.1) is 0 Å². The molecule has 2 nitrogen and oxygen atoms in total. The fourth-order valence-electron chi connectivity index (χ4n) is 1.92. The van der Waals surface area contributed by atoms with Gasteiger partial charge in [-0.2, -0.15) is 4.37 Å². The van der Waals surface area contributed by atoms with Crippen LogP contribution in [0.1, 0.15) is 24.2 Å². The third kappa shape index (κ3) is 1.36. The number of benzene rings is 1. The quantitative estimate of drug-likeness (QED) is 0.777. The van der Waals surface area contributed by atoms with Crippen molar-refractivity contribution in [1.82, 2.24) is 9.36 Å². The van der Waals surface area contributed by atoms with Gasteiger partial charge < -0.3 is 0 Å². The Morgan fingerprint density at radius 1 is 1.20 bits per heavy atom. The highest BCUT2D eigenvalue weighted by atomic mass is 32.1. The Balaban J connectivity index is 2.04. The minimum Gasteiger partial charge on any atom is -0.227 e. The van der Waals surface area contributed by atoms with Crippen LogP contribution in [0, 0.1) is 5.82 Å². The fourth-order valence-corrected chi connectivity index (χ4v) is 2.43. The Morgan fingerprint density at radius 3 is 2.47 bits per heavy atom. The lowest BCUT2D eigenvalue weighted by Crippen LogP contribution is -2.10. The first kappa shape index (κ1) is 8.97. The Hall–Kier alpha value is -1.29. The van der Waals surface area contributed by atoms with E-state index in [1.165, 1.54) is 23.7 Å². The van der Waals surface area contributed by atoms with Crippen molar-refractivity contribution in [3.8, 4) is 0 Å². The van der Waals surface area contributed by atoms with E-state index in [2.05, 4.69) is 9.36 Å². The largest absolute Gasteiger partial charge is 0.227 e. The van der Waals surface area contributed by atoms with Gasteiger partial charge in [-0.3, -0.25) is 0 Å². The predicted octanol–water partition coefficient (Wildman–Crippen LogP) is 2.76. The van der Waals surface area contributed by atoms with Crippen LogP contribution in [0.15, 0.2) is 29.8 Å². The summed E-state index contributed by atoms with van der Waals surface area (Å²) in [6, 6.07) is 6.68. The second kappa shape index (κ2) is 3.10. The summed E-state index contributed by atoms with van der Waals surface area (Å²) in [6.45, 7) is 0. The lowest BCUT2D eigenvalue weighted by molar-refractivity contribution is 0.625. The molecule has 2 aromatic rings. The van der Waals surface area contributed by atoms with E-state index in [-0.39, 0.29) is 11.2 Å². The smallest absolute Gasteiger partial charge is 0.152 e. The van der Waals surface area contributed by atoms with E-state index in [1.807, 2.05) is 12.1 Å². The first-order chi connectivity index (χ1) is 7.31. The molecule has 0 saturated heterocycles. The third-order valence-corrected chi connectivity index (χ3v) is 3.41.